The average Bonchev–Trinajstić information content (AvgIpc) is 3.25. The Hall–Kier alpha value is -3.06. The maximum atomic E-state index is 12.6. The monoisotopic (exact) mass is 398 g/mol. The first-order valence-corrected chi connectivity index (χ1v) is 9.50. The fourth-order valence-electron chi connectivity index (χ4n) is 3.03. The minimum Gasteiger partial charge on any atom is -0.493 e. The molecule has 0 saturated carbocycles. The molecule has 0 aromatic heterocycles. The number of benzene rings is 2. The molecule has 0 fully saturated rings. The van der Waals surface area contributed by atoms with Crippen molar-refractivity contribution in [2.24, 2.45) is 5.16 Å². The van der Waals surface area contributed by atoms with Gasteiger partial charge in [0.2, 0.25) is 0 Å². The molecule has 3 rings (SSSR count). The van der Waals surface area contributed by atoms with Crippen LogP contribution in [-0.2, 0) is 14.4 Å². The van der Waals surface area contributed by atoms with Gasteiger partial charge < -0.3 is 24.4 Å². The fraction of sp³-hybridized carbons (Fsp3) is 0.364. The molecule has 0 aliphatic carbocycles. The lowest BCUT2D eigenvalue weighted by atomic mass is 10.0. The molecule has 1 aliphatic rings. The number of nitrogens with zero attached hydrogens (tertiary/aromatic N) is 1. The van der Waals surface area contributed by atoms with Crippen LogP contribution in [0.1, 0.15) is 36.6 Å². The number of methoxy groups -OCH3 is 2. The molecule has 1 aliphatic heterocycles. The Kier molecular flexibility index (Phi) is 7.08. The Morgan fingerprint density at radius 1 is 1.17 bits per heavy atom. The molecule has 29 heavy (non-hydrogen) atoms. The predicted molar refractivity (Wildman–Crippen MR) is 109 cm³/mol. The van der Waals surface area contributed by atoms with E-state index in [-0.39, 0.29) is 18.1 Å². The molecule has 2 aromatic carbocycles. The van der Waals surface area contributed by atoms with Crippen molar-refractivity contribution in [2.45, 2.75) is 25.5 Å². The van der Waals surface area contributed by atoms with Gasteiger partial charge in [-0.1, -0.05) is 41.6 Å². The summed E-state index contributed by atoms with van der Waals surface area (Å²) in [6.07, 6.45) is 0.217. The summed E-state index contributed by atoms with van der Waals surface area (Å²) in [5, 5.41) is 6.94. The first-order chi connectivity index (χ1) is 14.1. The topological polar surface area (TPSA) is 78.4 Å². The van der Waals surface area contributed by atoms with E-state index in [4.69, 9.17) is 19.0 Å². The van der Waals surface area contributed by atoms with Crippen molar-refractivity contribution in [1.82, 2.24) is 5.32 Å². The summed E-state index contributed by atoms with van der Waals surface area (Å²) in [6, 6.07) is 15.1. The third-order valence-corrected chi connectivity index (χ3v) is 4.68. The van der Waals surface area contributed by atoms with E-state index in [1.54, 1.807) is 14.2 Å². The van der Waals surface area contributed by atoms with Crippen LogP contribution in [0.3, 0.4) is 0 Å². The van der Waals surface area contributed by atoms with Crippen LogP contribution in [0.25, 0.3) is 0 Å². The van der Waals surface area contributed by atoms with Gasteiger partial charge in [-0.05, 0) is 30.2 Å². The standard InChI is InChI=1S/C22H26N2O5/c1-15(17-9-10-19(21(13-17)27-3)28-12-11-26-2)23-22(25)18-14-20(29-24-18)16-7-5-4-6-8-16/h4-10,13,15,20H,11-12,14H2,1-3H3,(H,23,25). The van der Waals surface area contributed by atoms with Gasteiger partial charge in [0.1, 0.15) is 12.3 Å². The van der Waals surface area contributed by atoms with E-state index < -0.39 is 0 Å². The zero-order chi connectivity index (χ0) is 20.6. The van der Waals surface area contributed by atoms with Gasteiger partial charge in [-0.3, -0.25) is 4.79 Å². The Morgan fingerprint density at radius 2 is 1.97 bits per heavy atom. The second kappa shape index (κ2) is 9.93. The van der Waals surface area contributed by atoms with Crippen LogP contribution in [0.5, 0.6) is 11.5 Å². The number of oxime groups is 1. The highest BCUT2D eigenvalue weighted by Crippen LogP contribution is 2.31. The fourth-order valence-corrected chi connectivity index (χ4v) is 3.03. The molecule has 0 spiro atoms. The van der Waals surface area contributed by atoms with Gasteiger partial charge in [-0.2, -0.15) is 0 Å². The van der Waals surface area contributed by atoms with Crippen LogP contribution in [-0.4, -0.2) is 39.1 Å². The normalized spacial score (nSPS) is 16.5. The van der Waals surface area contributed by atoms with E-state index in [0.717, 1.165) is 11.1 Å². The second-order valence-corrected chi connectivity index (χ2v) is 6.69. The Bertz CT molecular complexity index is 854. The number of carbonyl (C=O) groups is 1. The van der Waals surface area contributed by atoms with Gasteiger partial charge in [-0.15, -0.1) is 0 Å². The van der Waals surface area contributed by atoms with Gasteiger partial charge in [0.15, 0.2) is 17.6 Å². The van der Waals surface area contributed by atoms with Crippen molar-refractivity contribution in [3.8, 4) is 11.5 Å². The minimum atomic E-state index is -0.240. The van der Waals surface area contributed by atoms with Gasteiger partial charge >= 0.3 is 0 Å². The summed E-state index contributed by atoms with van der Waals surface area (Å²) in [7, 11) is 3.20. The predicted octanol–water partition coefficient (Wildman–Crippen LogP) is 3.42. The van der Waals surface area contributed by atoms with E-state index in [0.29, 0.717) is 36.8 Å². The SMILES string of the molecule is COCCOc1ccc(C(C)NC(=O)C2=NOC(c3ccccc3)C2)cc1OC. The van der Waals surface area contributed by atoms with Crippen molar-refractivity contribution in [2.75, 3.05) is 27.4 Å². The van der Waals surface area contributed by atoms with E-state index in [1.165, 1.54) is 0 Å². The molecule has 0 saturated heterocycles. The highest BCUT2D eigenvalue weighted by molar-refractivity contribution is 6.39. The van der Waals surface area contributed by atoms with Crippen LogP contribution in [0, 0.1) is 0 Å². The van der Waals surface area contributed by atoms with Crippen LogP contribution in [0.15, 0.2) is 53.7 Å². The molecule has 0 bridgehead atoms. The summed E-state index contributed by atoms with van der Waals surface area (Å²) in [4.78, 5) is 18.0. The zero-order valence-electron chi connectivity index (χ0n) is 16.9. The summed E-state index contributed by atoms with van der Waals surface area (Å²) >= 11 is 0. The molecule has 7 nitrogen and oxygen atoms in total. The number of hydrogen-bond acceptors (Lipinski definition) is 6. The molecule has 2 aromatic rings. The molecule has 2 atom stereocenters. The summed E-state index contributed by atoms with van der Waals surface area (Å²) < 4.78 is 16.1. The van der Waals surface area contributed by atoms with Gasteiger partial charge in [0.05, 0.1) is 19.8 Å². The van der Waals surface area contributed by atoms with E-state index >= 15 is 0 Å². The highest BCUT2D eigenvalue weighted by atomic mass is 16.6. The van der Waals surface area contributed by atoms with Crippen LogP contribution >= 0.6 is 0 Å². The summed E-state index contributed by atoms with van der Waals surface area (Å²) in [5.41, 5.74) is 2.28. The molecule has 0 radical (unpaired) electrons. The van der Waals surface area contributed by atoms with Crippen molar-refractivity contribution in [1.29, 1.82) is 0 Å². The van der Waals surface area contributed by atoms with E-state index in [2.05, 4.69) is 10.5 Å². The van der Waals surface area contributed by atoms with E-state index in [1.807, 2.05) is 55.5 Å². The number of amides is 1. The third kappa shape index (κ3) is 5.26. The maximum Gasteiger partial charge on any atom is 0.269 e. The van der Waals surface area contributed by atoms with E-state index in [9.17, 15) is 4.79 Å². The Labute approximate surface area is 170 Å². The molecule has 1 N–H and O–H groups in total. The lowest BCUT2D eigenvalue weighted by Gasteiger charge is -2.17. The summed E-state index contributed by atoms with van der Waals surface area (Å²) in [6.45, 7) is 2.83. The van der Waals surface area contributed by atoms with Crippen molar-refractivity contribution in [3.05, 3.63) is 59.7 Å². The third-order valence-electron chi connectivity index (χ3n) is 4.68. The number of nitrogens with one attached hydrogen (secondary N) is 1. The smallest absolute Gasteiger partial charge is 0.269 e. The summed E-state index contributed by atoms with van der Waals surface area (Å²) in [5.74, 6) is 0.992. The second-order valence-electron chi connectivity index (χ2n) is 6.69. The lowest BCUT2D eigenvalue weighted by Crippen LogP contribution is -2.32. The van der Waals surface area contributed by atoms with Gasteiger partial charge in [0.25, 0.3) is 5.91 Å². The number of hydrogen-bond donors (Lipinski definition) is 1. The maximum absolute atomic E-state index is 12.6. The number of carbonyl (C=O) groups excluding carboxylic acids is 1. The van der Waals surface area contributed by atoms with Crippen molar-refractivity contribution < 1.29 is 23.8 Å². The lowest BCUT2D eigenvalue weighted by molar-refractivity contribution is -0.115. The first kappa shape index (κ1) is 20.7. The minimum absolute atomic E-state index is 0.226. The average molecular weight is 398 g/mol. The molecule has 1 amide bonds. The van der Waals surface area contributed by atoms with Crippen LogP contribution in [0.2, 0.25) is 0 Å². The Morgan fingerprint density at radius 3 is 2.69 bits per heavy atom. The molecule has 154 valence electrons. The molecule has 1 heterocycles. The quantitative estimate of drug-likeness (QED) is 0.655. The van der Waals surface area contributed by atoms with Crippen molar-refractivity contribution >= 4 is 11.6 Å². The van der Waals surface area contributed by atoms with Crippen molar-refractivity contribution in [3.63, 3.8) is 0 Å². The number of rotatable bonds is 9. The largest absolute Gasteiger partial charge is 0.493 e. The Balaban J connectivity index is 1.59. The highest BCUT2D eigenvalue weighted by Gasteiger charge is 2.28. The first-order valence-electron chi connectivity index (χ1n) is 9.50. The molecule has 2 unspecified atom stereocenters. The number of ether oxygens (including phenoxy) is 3. The molecular weight excluding hydrogens is 372 g/mol. The van der Waals surface area contributed by atoms with Crippen LogP contribution in [0.4, 0.5) is 0 Å². The molecule has 7 heteroatoms. The van der Waals surface area contributed by atoms with Gasteiger partial charge in [0, 0.05) is 13.5 Å². The van der Waals surface area contributed by atoms with Crippen LogP contribution < -0.4 is 14.8 Å². The molecular formula is C22H26N2O5. The van der Waals surface area contributed by atoms with Gasteiger partial charge in [-0.25, -0.2) is 0 Å². The zero-order valence-corrected chi connectivity index (χ0v) is 16.9.